The molecule has 98 valence electrons. The third kappa shape index (κ3) is 6.02. The number of carbonyl (C=O) groups excluding carboxylic acids is 2. The Morgan fingerprint density at radius 2 is 1.24 bits per heavy atom. The molecule has 2 atom stereocenters. The molecule has 0 aromatic carbocycles. The number of carboxylic acids is 2. The largest absolute Gasteiger partial charge is 2.00 e. The second-order valence-corrected chi connectivity index (χ2v) is 3.94. The van der Waals surface area contributed by atoms with Crippen molar-refractivity contribution in [2.24, 2.45) is 0 Å². The van der Waals surface area contributed by atoms with E-state index in [-0.39, 0.29) is 29.2 Å². The minimum atomic E-state index is -0.970. The molecule has 0 unspecified atom stereocenters. The Morgan fingerprint density at radius 1 is 0.882 bits per heavy atom. The number of hydrogen-bond acceptors (Lipinski definition) is 6. The van der Waals surface area contributed by atoms with Crippen LogP contribution in [0.4, 0.5) is 0 Å². The van der Waals surface area contributed by atoms with Crippen LogP contribution in [0.1, 0.15) is 25.7 Å². The summed E-state index contributed by atoms with van der Waals surface area (Å²) in [4.78, 5) is 20.1. The Bertz CT molecular complexity index is 225. The van der Waals surface area contributed by atoms with Crippen molar-refractivity contribution in [2.45, 2.75) is 37.8 Å². The quantitative estimate of drug-likeness (QED) is 0.523. The second kappa shape index (κ2) is 8.47. The van der Waals surface area contributed by atoms with Crippen LogP contribution in [0.2, 0.25) is 0 Å². The Kier molecular flexibility index (Phi) is 8.16. The molecule has 2 saturated heterocycles. The van der Waals surface area contributed by atoms with Crippen molar-refractivity contribution in [1.29, 1.82) is 0 Å². The average Bonchev–Trinajstić information content (AvgIpc) is 2.93. The number of carbonyl (C=O) groups is 2. The zero-order valence-electron chi connectivity index (χ0n) is 9.38. The van der Waals surface area contributed by atoms with Crippen LogP contribution in [0, 0.1) is 0 Å². The summed E-state index contributed by atoms with van der Waals surface area (Å²) in [5.74, 6) is -1.94. The van der Waals surface area contributed by atoms with Crippen molar-refractivity contribution >= 4 is 11.9 Å². The van der Waals surface area contributed by atoms with Crippen LogP contribution in [0.3, 0.4) is 0 Å². The van der Waals surface area contributed by atoms with E-state index in [4.69, 9.17) is 0 Å². The van der Waals surface area contributed by atoms with Crippen LogP contribution in [0.25, 0.3) is 0 Å². The fourth-order valence-corrected chi connectivity index (χ4v) is 1.77. The van der Waals surface area contributed by atoms with Gasteiger partial charge in [-0.1, -0.05) is 0 Å². The van der Waals surface area contributed by atoms with Crippen LogP contribution in [0.15, 0.2) is 0 Å². The van der Waals surface area contributed by atoms with Gasteiger partial charge >= 0.3 is 17.1 Å². The fourth-order valence-electron chi connectivity index (χ4n) is 1.77. The van der Waals surface area contributed by atoms with E-state index in [0.29, 0.717) is 0 Å². The summed E-state index contributed by atoms with van der Waals surface area (Å²) in [6.07, 6.45) is 3.36. The first kappa shape index (κ1) is 16.4. The molecule has 2 heterocycles. The van der Waals surface area contributed by atoms with Gasteiger partial charge in [-0.2, -0.15) is 0 Å². The molecule has 0 amide bonds. The van der Waals surface area contributed by atoms with E-state index >= 15 is 0 Å². The molecule has 0 aromatic rings. The number of hydrogen-bond donors (Lipinski definition) is 2. The molecular weight excluding hydrogens is 268 g/mol. The molecule has 2 N–H and O–H groups in total. The number of aliphatic carboxylic acids is 2. The van der Waals surface area contributed by atoms with Gasteiger partial charge in [0.25, 0.3) is 0 Å². The average molecular weight is 284 g/mol. The van der Waals surface area contributed by atoms with Crippen molar-refractivity contribution < 1.29 is 36.9 Å². The Labute approximate surface area is 111 Å². The molecule has 2 fully saturated rings. The number of nitrogens with one attached hydrogen (secondary N) is 2. The maximum absolute atomic E-state index is 10.0. The van der Waals surface area contributed by atoms with Gasteiger partial charge in [0, 0.05) is 12.1 Å². The smallest absolute Gasteiger partial charge is 0.548 e. The van der Waals surface area contributed by atoms with Gasteiger partial charge in [-0.25, -0.2) is 0 Å². The van der Waals surface area contributed by atoms with Gasteiger partial charge < -0.3 is 30.4 Å². The first-order chi connectivity index (χ1) is 7.61. The van der Waals surface area contributed by atoms with Gasteiger partial charge in [-0.3, -0.25) is 0 Å². The molecule has 7 heteroatoms. The molecule has 2 aliphatic rings. The first-order valence-corrected chi connectivity index (χ1v) is 5.49. The third-order valence-electron chi connectivity index (χ3n) is 2.69. The monoisotopic (exact) mass is 284 g/mol. The summed E-state index contributed by atoms with van der Waals surface area (Å²) in [6, 6.07) is -0.759. The minimum Gasteiger partial charge on any atom is -0.548 e. The predicted octanol–water partition coefficient (Wildman–Crippen LogP) is -3.03. The number of carboxylic acid groups (broad SMARTS) is 2. The van der Waals surface area contributed by atoms with Gasteiger partial charge in [0.2, 0.25) is 0 Å². The van der Waals surface area contributed by atoms with E-state index in [0.717, 1.165) is 38.8 Å². The zero-order chi connectivity index (χ0) is 12.0. The van der Waals surface area contributed by atoms with Crippen molar-refractivity contribution in [3.05, 3.63) is 0 Å². The third-order valence-corrected chi connectivity index (χ3v) is 2.69. The molecule has 0 spiro atoms. The van der Waals surface area contributed by atoms with Gasteiger partial charge in [0.05, 0.1) is 11.9 Å². The zero-order valence-corrected chi connectivity index (χ0v) is 10.5. The van der Waals surface area contributed by atoms with Crippen LogP contribution < -0.4 is 20.8 Å². The van der Waals surface area contributed by atoms with Crippen LogP contribution in [0.5, 0.6) is 0 Å². The molecule has 0 radical (unpaired) electrons. The fraction of sp³-hybridized carbons (Fsp3) is 0.800. The molecule has 2 aliphatic heterocycles. The van der Waals surface area contributed by atoms with Crippen LogP contribution in [-0.4, -0.2) is 37.1 Å². The van der Waals surface area contributed by atoms with Crippen molar-refractivity contribution in [3.8, 4) is 0 Å². The summed E-state index contributed by atoms with van der Waals surface area (Å²) in [6.45, 7) is 1.64. The summed E-state index contributed by atoms with van der Waals surface area (Å²) < 4.78 is 0. The van der Waals surface area contributed by atoms with Crippen LogP contribution in [-0.2, 0) is 26.7 Å². The summed E-state index contributed by atoms with van der Waals surface area (Å²) >= 11 is 0. The molecule has 0 saturated carbocycles. The molecule has 17 heavy (non-hydrogen) atoms. The molecular formula is C10H16FeN2O4. The van der Waals surface area contributed by atoms with Gasteiger partial charge in [0.15, 0.2) is 0 Å². The van der Waals surface area contributed by atoms with E-state index in [2.05, 4.69) is 10.6 Å². The number of rotatable bonds is 2. The summed E-state index contributed by atoms with van der Waals surface area (Å²) in [5, 5.41) is 25.6. The Hall–Kier alpha value is -0.621. The van der Waals surface area contributed by atoms with Crippen molar-refractivity contribution in [1.82, 2.24) is 10.6 Å². The SMILES string of the molecule is O=C([O-])[C@@H]1CCCN1.O=C([O-])[C@@H]1CCCN1.[Fe+2]. The predicted molar refractivity (Wildman–Crippen MR) is 52.1 cm³/mol. The van der Waals surface area contributed by atoms with E-state index in [1.54, 1.807) is 0 Å². The molecule has 2 rings (SSSR count). The van der Waals surface area contributed by atoms with Gasteiger partial charge in [0.1, 0.15) is 0 Å². The van der Waals surface area contributed by atoms with E-state index < -0.39 is 11.9 Å². The first-order valence-electron chi connectivity index (χ1n) is 5.49. The van der Waals surface area contributed by atoms with Gasteiger partial charge in [-0.05, 0) is 38.8 Å². The molecule has 0 aliphatic carbocycles. The standard InChI is InChI=1S/2C5H9NO2.Fe/c2*7-5(8)4-2-1-3-6-4;/h2*4,6H,1-3H2,(H,7,8);/q;;+2/p-2/t2*4-;/m00./s1. The topological polar surface area (TPSA) is 104 Å². The molecule has 6 nitrogen and oxygen atoms in total. The van der Waals surface area contributed by atoms with E-state index in [1.807, 2.05) is 0 Å². The normalized spacial score (nSPS) is 26.6. The Morgan fingerprint density at radius 3 is 1.35 bits per heavy atom. The van der Waals surface area contributed by atoms with Crippen LogP contribution >= 0.6 is 0 Å². The maximum atomic E-state index is 10.0. The molecule has 0 bridgehead atoms. The van der Waals surface area contributed by atoms with E-state index in [9.17, 15) is 19.8 Å². The van der Waals surface area contributed by atoms with Gasteiger partial charge in [-0.15, -0.1) is 0 Å². The molecule has 0 aromatic heterocycles. The maximum Gasteiger partial charge on any atom is 2.00 e. The summed E-state index contributed by atoms with van der Waals surface area (Å²) in [7, 11) is 0. The second-order valence-electron chi connectivity index (χ2n) is 3.94. The van der Waals surface area contributed by atoms with Crippen molar-refractivity contribution in [3.63, 3.8) is 0 Å². The minimum absolute atomic E-state index is 0. The Balaban J connectivity index is 0.000000284. The van der Waals surface area contributed by atoms with Crippen molar-refractivity contribution in [2.75, 3.05) is 13.1 Å². The van der Waals surface area contributed by atoms with E-state index in [1.165, 1.54) is 0 Å². The summed E-state index contributed by atoms with van der Waals surface area (Å²) in [5.41, 5.74) is 0.